The summed E-state index contributed by atoms with van der Waals surface area (Å²) in [5.41, 5.74) is 0. The predicted molar refractivity (Wildman–Crippen MR) is 270 cm³/mol. The molecule has 0 aliphatic carbocycles. The van der Waals surface area contributed by atoms with E-state index in [-0.39, 0.29) is 25.2 Å². The maximum atomic E-state index is 12.8. The molecule has 0 aliphatic rings. The van der Waals surface area contributed by atoms with Gasteiger partial charge in [-0.25, -0.2) is 0 Å². The number of hydrogen-bond acceptors (Lipinski definition) is 5. The molecule has 0 rings (SSSR count). The highest BCUT2D eigenvalue weighted by Crippen LogP contribution is 2.14. The fraction of sp³-hybridized carbons (Fsp3) is 0.754. The molecule has 1 unspecified atom stereocenters. The third-order valence-corrected chi connectivity index (χ3v) is 11.2. The zero-order chi connectivity index (χ0) is 44.9. The first-order chi connectivity index (χ1) is 30.6. The Morgan fingerprint density at radius 3 is 1.23 bits per heavy atom. The molecule has 0 N–H and O–H groups in total. The minimum Gasteiger partial charge on any atom is -0.462 e. The average molecular weight is 865 g/mol. The van der Waals surface area contributed by atoms with Crippen molar-refractivity contribution in [2.75, 3.05) is 19.8 Å². The molecule has 0 saturated carbocycles. The number of unbranched alkanes of at least 4 members (excludes halogenated alkanes) is 25. The number of hydrogen-bond donors (Lipinski definition) is 0. The van der Waals surface area contributed by atoms with E-state index in [0.717, 1.165) is 83.5 Å². The zero-order valence-electron chi connectivity index (χ0n) is 41.1. The average Bonchev–Trinajstić information content (AvgIpc) is 3.27. The van der Waals surface area contributed by atoms with Gasteiger partial charge < -0.3 is 14.2 Å². The van der Waals surface area contributed by atoms with E-state index in [4.69, 9.17) is 14.2 Å². The van der Waals surface area contributed by atoms with Crippen molar-refractivity contribution in [2.45, 2.75) is 258 Å². The minimum absolute atomic E-state index is 0.0580. The highest BCUT2D eigenvalue weighted by molar-refractivity contribution is 5.70. The number of allylic oxidation sites excluding steroid dienone is 12. The predicted octanol–water partition coefficient (Wildman–Crippen LogP) is 17.9. The van der Waals surface area contributed by atoms with Crippen LogP contribution in [0.4, 0.5) is 0 Å². The van der Waals surface area contributed by atoms with Gasteiger partial charge in [0.2, 0.25) is 0 Å². The Balaban J connectivity index is 4.32. The quantitative estimate of drug-likeness (QED) is 0.0346. The van der Waals surface area contributed by atoms with Gasteiger partial charge in [-0.1, -0.05) is 203 Å². The molecular formula is C57H100O5. The molecule has 358 valence electrons. The van der Waals surface area contributed by atoms with Crippen molar-refractivity contribution in [1.29, 1.82) is 0 Å². The summed E-state index contributed by atoms with van der Waals surface area (Å²) in [6.07, 6.45) is 67.7. The van der Waals surface area contributed by atoms with E-state index >= 15 is 0 Å². The van der Waals surface area contributed by atoms with Gasteiger partial charge in [-0.3, -0.25) is 9.59 Å². The molecule has 5 nitrogen and oxygen atoms in total. The Bertz CT molecular complexity index is 1110. The molecule has 0 radical (unpaired) electrons. The van der Waals surface area contributed by atoms with Gasteiger partial charge in [-0.05, 0) is 109 Å². The van der Waals surface area contributed by atoms with Crippen molar-refractivity contribution in [1.82, 2.24) is 0 Å². The van der Waals surface area contributed by atoms with Crippen molar-refractivity contribution in [2.24, 2.45) is 0 Å². The maximum absolute atomic E-state index is 12.8. The van der Waals surface area contributed by atoms with Gasteiger partial charge in [0, 0.05) is 19.4 Å². The van der Waals surface area contributed by atoms with E-state index in [9.17, 15) is 9.59 Å². The lowest BCUT2D eigenvalue weighted by Gasteiger charge is -2.18. The Hall–Kier alpha value is -2.66. The molecule has 5 heteroatoms. The van der Waals surface area contributed by atoms with Crippen molar-refractivity contribution < 1.29 is 23.8 Å². The van der Waals surface area contributed by atoms with E-state index < -0.39 is 6.10 Å². The molecule has 0 aromatic carbocycles. The molecule has 62 heavy (non-hydrogen) atoms. The topological polar surface area (TPSA) is 61.8 Å². The number of rotatable bonds is 48. The monoisotopic (exact) mass is 865 g/mol. The highest BCUT2D eigenvalue weighted by Gasteiger charge is 2.17. The van der Waals surface area contributed by atoms with Crippen molar-refractivity contribution in [3.05, 3.63) is 72.9 Å². The van der Waals surface area contributed by atoms with E-state index in [1.54, 1.807) is 0 Å². The number of esters is 2. The summed E-state index contributed by atoms with van der Waals surface area (Å²) >= 11 is 0. The fourth-order valence-corrected chi connectivity index (χ4v) is 7.25. The summed E-state index contributed by atoms with van der Waals surface area (Å²) in [7, 11) is 0. The van der Waals surface area contributed by atoms with E-state index in [1.165, 1.54) is 135 Å². The normalized spacial score (nSPS) is 12.8. The van der Waals surface area contributed by atoms with Gasteiger partial charge in [0.1, 0.15) is 6.61 Å². The molecule has 0 saturated heterocycles. The standard InChI is InChI=1S/C57H100O5/c1-4-7-10-13-16-19-22-25-27-28-29-31-34-37-40-43-46-49-52-60-53-55(62-57(59)51-48-45-42-39-36-32-24-21-18-15-12-9-6-3)54-61-56(58)50-47-44-41-38-35-33-30-26-23-20-17-14-11-8-5-2/h8,11,17,20-21,24-27,30,35,38,55H,4-7,9-10,12-16,18-19,22-23,28-29,31-34,36-37,39-54H2,1-3H3/b11-8-,20-17-,24-21-,27-25-,30-26-,38-35-. The van der Waals surface area contributed by atoms with Gasteiger partial charge >= 0.3 is 11.9 Å². The smallest absolute Gasteiger partial charge is 0.306 e. The summed E-state index contributed by atoms with van der Waals surface area (Å²) in [6.45, 7) is 7.65. The molecular weight excluding hydrogens is 765 g/mol. The molecule has 0 aliphatic heterocycles. The Labute approximate surface area is 385 Å². The first-order valence-electron chi connectivity index (χ1n) is 26.5. The van der Waals surface area contributed by atoms with Crippen molar-refractivity contribution in [3.8, 4) is 0 Å². The Kier molecular flexibility index (Phi) is 50.4. The SMILES string of the molecule is CC/C=C\C/C=C\C/C=C\C/C=C\CCCCC(=O)OCC(COCCCCCCCCCC/C=C\CCCCCCCC)OC(=O)CCCCCCC/C=C\CCCCCC. The van der Waals surface area contributed by atoms with Gasteiger partial charge in [0.15, 0.2) is 6.10 Å². The summed E-state index contributed by atoms with van der Waals surface area (Å²) in [4.78, 5) is 25.4. The number of carbonyl (C=O) groups is 2. The number of ether oxygens (including phenoxy) is 3. The molecule has 0 aromatic rings. The van der Waals surface area contributed by atoms with E-state index in [2.05, 4.69) is 93.7 Å². The van der Waals surface area contributed by atoms with Crippen LogP contribution >= 0.6 is 0 Å². The second kappa shape index (κ2) is 52.7. The Morgan fingerprint density at radius 1 is 0.371 bits per heavy atom. The summed E-state index contributed by atoms with van der Waals surface area (Å²) in [6, 6.07) is 0. The zero-order valence-corrected chi connectivity index (χ0v) is 41.1. The summed E-state index contributed by atoms with van der Waals surface area (Å²) in [5.74, 6) is -0.453. The highest BCUT2D eigenvalue weighted by atomic mass is 16.6. The van der Waals surface area contributed by atoms with Crippen LogP contribution in [-0.4, -0.2) is 37.9 Å². The van der Waals surface area contributed by atoms with Gasteiger partial charge in [0.25, 0.3) is 0 Å². The van der Waals surface area contributed by atoms with E-state index in [0.29, 0.717) is 19.4 Å². The first kappa shape index (κ1) is 59.3. The molecule has 0 spiro atoms. The summed E-state index contributed by atoms with van der Waals surface area (Å²) < 4.78 is 17.4. The van der Waals surface area contributed by atoms with Crippen LogP contribution in [0, 0.1) is 0 Å². The number of carbonyl (C=O) groups excluding carboxylic acids is 2. The van der Waals surface area contributed by atoms with Crippen LogP contribution in [0.15, 0.2) is 72.9 Å². The van der Waals surface area contributed by atoms with Gasteiger partial charge in [-0.15, -0.1) is 0 Å². The second-order valence-corrected chi connectivity index (χ2v) is 17.4. The van der Waals surface area contributed by atoms with Gasteiger partial charge in [-0.2, -0.15) is 0 Å². The third-order valence-electron chi connectivity index (χ3n) is 11.2. The first-order valence-corrected chi connectivity index (χ1v) is 26.5. The van der Waals surface area contributed by atoms with Crippen LogP contribution in [-0.2, 0) is 23.8 Å². The van der Waals surface area contributed by atoms with Crippen LogP contribution in [0.2, 0.25) is 0 Å². The fourth-order valence-electron chi connectivity index (χ4n) is 7.25. The van der Waals surface area contributed by atoms with Crippen molar-refractivity contribution >= 4 is 11.9 Å². The maximum Gasteiger partial charge on any atom is 0.306 e. The third kappa shape index (κ3) is 50.0. The minimum atomic E-state index is -0.560. The van der Waals surface area contributed by atoms with Gasteiger partial charge in [0.05, 0.1) is 6.61 Å². The van der Waals surface area contributed by atoms with Crippen molar-refractivity contribution in [3.63, 3.8) is 0 Å². The lowest BCUT2D eigenvalue weighted by Crippen LogP contribution is -2.30. The molecule has 0 heterocycles. The lowest BCUT2D eigenvalue weighted by molar-refractivity contribution is -0.163. The largest absolute Gasteiger partial charge is 0.462 e. The van der Waals surface area contributed by atoms with Crippen LogP contribution < -0.4 is 0 Å². The molecule has 0 fully saturated rings. The van der Waals surface area contributed by atoms with E-state index in [1.807, 2.05) is 0 Å². The van der Waals surface area contributed by atoms with Crippen LogP contribution in [0.3, 0.4) is 0 Å². The van der Waals surface area contributed by atoms with Crippen LogP contribution in [0.25, 0.3) is 0 Å². The lowest BCUT2D eigenvalue weighted by atomic mass is 10.1. The molecule has 0 aromatic heterocycles. The molecule has 1 atom stereocenters. The van der Waals surface area contributed by atoms with Crippen LogP contribution in [0.1, 0.15) is 252 Å². The summed E-state index contributed by atoms with van der Waals surface area (Å²) in [5, 5.41) is 0. The molecule has 0 bridgehead atoms. The van der Waals surface area contributed by atoms with Crippen LogP contribution in [0.5, 0.6) is 0 Å². The Morgan fingerprint density at radius 2 is 0.726 bits per heavy atom. The molecule has 0 amide bonds. The second-order valence-electron chi connectivity index (χ2n) is 17.4.